The second kappa shape index (κ2) is 6.84. The molecule has 1 N–H and O–H groups in total. The first-order valence-corrected chi connectivity index (χ1v) is 9.51. The quantitative estimate of drug-likeness (QED) is 0.756. The van der Waals surface area contributed by atoms with Gasteiger partial charge in [0.05, 0.1) is 18.8 Å². The van der Waals surface area contributed by atoms with Crippen molar-refractivity contribution in [3.8, 4) is 0 Å². The molecule has 0 aromatic carbocycles. The van der Waals surface area contributed by atoms with Crippen LogP contribution in [0, 0.1) is 22.7 Å². The molecule has 3 nitrogen and oxygen atoms in total. The molecule has 0 aromatic rings. The van der Waals surface area contributed by atoms with E-state index in [4.69, 9.17) is 4.74 Å². The molecule has 0 unspecified atom stereocenters. The van der Waals surface area contributed by atoms with Gasteiger partial charge >= 0.3 is 0 Å². The van der Waals surface area contributed by atoms with E-state index < -0.39 is 5.60 Å². The van der Waals surface area contributed by atoms with Crippen molar-refractivity contribution in [2.75, 3.05) is 13.2 Å². The lowest BCUT2D eigenvalue weighted by Crippen LogP contribution is -2.44. The molecule has 0 saturated heterocycles. The van der Waals surface area contributed by atoms with Gasteiger partial charge in [0.15, 0.2) is 0 Å². The second-order valence-corrected chi connectivity index (χ2v) is 8.92. The third kappa shape index (κ3) is 3.66. The molecule has 3 atom stereocenters. The standard InChI is InChI=1S/C20H36O3/c1-6-20(22,7-2)14-23-13-18(3,4)17-11-10-15-16(21)9-8-12-19(15,17)5/h15,17,22H,6-14H2,1-5H3/t15-,17+,19-/m0/s1. The predicted molar refractivity (Wildman–Crippen MR) is 93.3 cm³/mol. The van der Waals surface area contributed by atoms with Crippen LogP contribution >= 0.6 is 0 Å². The van der Waals surface area contributed by atoms with Crippen molar-refractivity contribution in [3.63, 3.8) is 0 Å². The van der Waals surface area contributed by atoms with Gasteiger partial charge in [0.2, 0.25) is 0 Å². The van der Waals surface area contributed by atoms with Gasteiger partial charge < -0.3 is 9.84 Å². The molecule has 134 valence electrons. The maximum atomic E-state index is 12.3. The van der Waals surface area contributed by atoms with E-state index in [1.807, 2.05) is 13.8 Å². The fourth-order valence-electron chi connectivity index (χ4n) is 5.27. The molecule has 0 spiro atoms. The van der Waals surface area contributed by atoms with Gasteiger partial charge in [0.25, 0.3) is 0 Å². The molecule has 2 saturated carbocycles. The minimum Gasteiger partial charge on any atom is -0.388 e. The number of ether oxygens (including phenoxy) is 1. The minimum absolute atomic E-state index is 0.0452. The number of aliphatic hydroxyl groups is 1. The normalized spacial score (nSPS) is 32.2. The molecule has 2 aliphatic rings. The molecule has 3 heteroatoms. The van der Waals surface area contributed by atoms with E-state index in [1.165, 1.54) is 6.42 Å². The molecule has 2 fully saturated rings. The second-order valence-electron chi connectivity index (χ2n) is 8.92. The Kier molecular flexibility index (Phi) is 5.62. The fraction of sp³-hybridized carbons (Fsp3) is 0.950. The molecule has 23 heavy (non-hydrogen) atoms. The largest absolute Gasteiger partial charge is 0.388 e. The van der Waals surface area contributed by atoms with E-state index >= 15 is 0 Å². The Bertz CT molecular complexity index is 425. The molecular formula is C20H36O3. The number of hydrogen-bond donors (Lipinski definition) is 1. The van der Waals surface area contributed by atoms with Crippen LogP contribution < -0.4 is 0 Å². The molecule has 2 aliphatic carbocycles. The van der Waals surface area contributed by atoms with Crippen LogP contribution in [0.2, 0.25) is 0 Å². The molecule has 0 amide bonds. The van der Waals surface area contributed by atoms with E-state index in [0.29, 0.717) is 24.9 Å². The maximum absolute atomic E-state index is 12.3. The highest BCUT2D eigenvalue weighted by atomic mass is 16.5. The van der Waals surface area contributed by atoms with Gasteiger partial charge in [-0.3, -0.25) is 4.79 Å². The van der Waals surface area contributed by atoms with E-state index in [-0.39, 0.29) is 16.7 Å². The van der Waals surface area contributed by atoms with Crippen molar-refractivity contribution < 1.29 is 14.6 Å². The van der Waals surface area contributed by atoms with Gasteiger partial charge in [0.1, 0.15) is 5.78 Å². The highest BCUT2D eigenvalue weighted by Gasteiger charge is 2.55. The van der Waals surface area contributed by atoms with Crippen LogP contribution in [0.5, 0.6) is 0 Å². The zero-order valence-corrected chi connectivity index (χ0v) is 15.8. The van der Waals surface area contributed by atoms with Gasteiger partial charge in [-0.1, -0.05) is 34.6 Å². The summed E-state index contributed by atoms with van der Waals surface area (Å²) in [5.41, 5.74) is -0.503. The summed E-state index contributed by atoms with van der Waals surface area (Å²) in [5, 5.41) is 10.4. The first-order valence-electron chi connectivity index (χ1n) is 9.51. The number of fused-ring (bicyclic) bond motifs is 1. The van der Waals surface area contributed by atoms with Gasteiger partial charge in [-0.25, -0.2) is 0 Å². The van der Waals surface area contributed by atoms with Gasteiger partial charge in [-0.2, -0.15) is 0 Å². The van der Waals surface area contributed by atoms with E-state index in [9.17, 15) is 9.90 Å². The Labute approximate surface area is 142 Å². The minimum atomic E-state index is -0.695. The summed E-state index contributed by atoms with van der Waals surface area (Å²) in [7, 11) is 0. The SMILES string of the molecule is CCC(O)(CC)COCC(C)(C)[C@H]1CC[C@H]2C(=O)CCC[C@]12C. The number of ketones is 1. The topological polar surface area (TPSA) is 46.5 Å². The van der Waals surface area contributed by atoms with E-state index in [1.54, 1.807) is 0 Å². The Hall–Kier alpha value is -0.410. The summed E-state index contributed by atoms with van der Waals surface area (Å²) in [5.74, 6) is 1.29. The number of carbonyl (C=O) groups excluding carboxylic acids is 1. The highest BCUT2D eigenvalue weighted by Crippen LogP contribution is 2.59. The van der Waals surface area contributed by atoms with Crippen molar-refractivity contribution in [2.24, 2.45) is 22.7 Å². The summed E-state index contributed by atoms with van der Waals surface area (Å²) in [6.07, 6.45) is 6.63. The highest BCUT2D eigenvalue weighted by molar-refractivity contribution is 5.83. The zero-order valence-electron chi connectivity index (χ0n) is 15.8. The van der Waals surface area contributed by atoms with Crippen LogP contribution in [0.1, 0.15) is 79.6 Å². The Morgan fingerprint density at radius 2 is 1.87 bits per heavy atom. The molecule has 0 heterocycles. The number of Topliss-reactive ketones (excluding diaryl/α,β-unsaturated/α-hetero) is 1. The summed E-state index contributed by atoms with van der Waals surface area (Å²) >= 11 is 0. The summed E-state index contributed by atoms with van der Waals surface area (Å²) in [4.78, 5) is 12.3. The molecule has 0 aliphatic heterocycles. The van der Waals surface area contributed by atoms with Gasteiger partial charge in [-0.05, 0) is 55.3 Å². The Morgan fingerprint density at radius 3 is 2.48 bits per heavy atom. The molecule has 0 aromatic heterocycles. The van der Waals surface area contributed by atoms with Crippen LogP contribution in [0.3, 0.4) is 0 Å². The van der Waals surface area contributed by atoms with Crippen LogP contribution in [-0.4, -0.2) is 29.7 Å². The third-order valence-corrected chi connectivity index (χ3v) is 6.97. The van der Waals surface area contributed by atoms with Crippen molar-refractivity contribution in [3.05, 3.63) is 0 Å². The first-order chi connectivity index (χ1) is 10.7. The van der Waals surface area contributed by atoms with Crippen LogP contribution in [0.25, 0.3) is 0 Å². The fourth-order valence-corrected chi connectivity index (χ4v) is 5.27. The van der Waals surface area contributed by atoms with E-state index in [0.717, 1.165) is 38.5 Å². The van der Waals surface area contributed by atoms with Crippen LogP contribution in [0.15, 0.2) is 0 Å². The van der Waals surface area contributed by atoms with Crippen molar-refractivity contribution >= 4 is 5.78 Å². The average Bonchev–Trinajstić information content (AvgIpc) is 2.86. The average molecular weight is 325 g/mol. The lowest BCUT2D eigenvalue weighted by Gasteiger charge is -2.46. The van der Waals surface area contributed by atoms with Crippen molar-refractivity contribution in [1.82, 2.24) is 0 Å². The number of rotatable bonds is 7. The molecular weight excluding hydrogens is 288 g/mol. The van der Waals surface area contributed by atoms with Crippen LogP contribution in [-0.2, 0) is 9.53 Å². The van der Waals surface area contributed by atoms with Gasteiger partial charge in [-0.15, -0.1) is 0 Å². The lowest BCUT2D eigenvalue weighted by atomic mass is 9.58. The molecule has 0 bridgehead atoms. The van der Waals surface area contributed by atoms with Crippen molar-refractivity contribution in [2.45, 2.75) is 85.2 Å². The first kappa shape index (κ1) is 18.9. The summed E-state index contributed by atoms with van der Waals surface area (Å²) in [6, 6.07) is 0. The van der Waals surface area contributed by atoms with Crippen molar-refractivity contribution in [1.29, 1.82) is 0 Å². The lowest BCUT2D eigenvalue weighted by molar-refractivity contribution is -0.132. The molecule has 0 radical (unpaired) electrons. The smallest absolute Gasteiger partial charge is 0.136 e. The third-order valence-electron chi connectivity index (χ3n) is 6.97. The molecule has 2 rings (SSSR count). The summed E-state index contributed by atoms with van der Waals surface area (Å²) in [6.45, 7) is 12.0. The Morgan fingerprint density at radius 1 is 1.22 bits per heavy atom. The Balaban J connectivity index is 2.01. The zero-order chi connectivity index (χ0) is 17.3. The summed E-state index contributed by atoms with van der Waals surface area (Å²) < 4.78 is 5.97. The van der Waals surface area contributed by atoms with E-state index in [2.05, 4.69) is 20.8 Å². The maximum Gasteiger partial charge on any atom is 0.136 e. The van der Waals surface area contributed by atoms with Gasteiger partial charge in [0, 0.05) is 12.3 Å². The van der Waals surface area contributed by atoms with Crippen LogP contribution in [0.4, 0.5) is 0 Å². The number of carbonyl (C=O) groups is 1. The predicted octanol–water partition coefficient (Wildman–Crippen LogP) is 4.37. The monoisotopic (exact) mass is 324 g/mol. The number of hydrogen-bond acceptors (Lipinski definition) is 3.